The van der Waals surface area contributed by atoms with Crippen molar-refractivity contribution in [2.24, 2.45) is 5.92 Å². The summed E-state index contributed by atoms with van der Waals surface area (Å²) in [5.41, 5.74) is 0.750. The van der Waals surface area contributed by atoms with E-state index >= 15 is 0 Å². The summed E-state index contributed by atoms with van der Waals surface area (Å²) in [6, 6.07) is 10.7. The molecular formula is C35H54N4O8S. The molecule has 0 aliphatic carbocycles. The van der Waals surface area contributed by atoms with Gasteiger partial charge in [-0.1, -0.05) is 6.92 Å². The van der Waals surface area contributed by atoms with Gasteiger partial charge < -0.3 is 34.4 Å². The summed E-state index contributed by atoms with van der Waals surface area (Å²) in [5, 5.41) is 13.1. The Labute approximate surface area is 286 Å². The van der Waals surface area contributed by atoms with E-state index in [2.05, 4.69) is 5.32 Å². The predicted octanol–water partition coefficient (Wildman–Crippen LogP) is 4.09. The van der Waals surface area contributed by atoms with Crippen LogP contribution in [0.4, 0.5) is 5.69 Å². The lowest BCUT2D eigenvalue weighted by Gasteiger charge is -2.35. The van der Waals surface area contributed by atoms with Gasteiger partial charge in [0.05, 0.1) is 42.4 Å². The minimum atomic E-state index is -3.84. The third-order valence-corrected chi connectivity index (χ3v) is 10.4. The number of nitrogens with zero attached hydrogens (tertiary/aromatic N) is 3. The van der Waals surface area contributed by atoms with E-state index in [0.717, 1.165) is 19.4 Å². The Kier molecular flexibility index (Phi) is 15.1. The molecule has 0 bridgehead atoms. The highest BCUT2D eigenvalue weighted by atomic mass is 32.2. The average molecular weight is 691 g/mol. The molecule has 2 aromatic carbocycles. The van der Waals surface area contributed by atoms with E-state index in [-0.39, 0.29) is 54.0 Å². The zero-order valence-corrected chi connectivity index (χ0v) is 30.3. The number of hydrogen-bond donors (Lipinski definition) is 2. The quantitative estimate of drug-likeness (QED) is 0.337. The van der Waals surface area contributed by atoms with Gasteiger partial charge in [-0.3, -0.25) is 9.59 Å². The first-order valence-electron chi connectivity index (χ1n) is 16.7. The highest BCUT2D eigenvalue weighted by Crippen LogP contribution is 2.29. The molecule has 48 heavy (non-hydrogen) atoms. The van der Waals surface area contributed by atoms with Crippen molar-refractivity contribution in [3.63, 3.8) is 0 Å². The highest BCUT2D eigenvalue weighted by molar-refractivity contribution is 7.89. The molecule has 0 spiro atoms. The summed E-state index contributed by atoms with van der Waals surface area (Å²) in [6.07, 6.45) is 2.55. The molecule has 2 N–H and O–H groups in total. The fraction of sp³-hybridized carbons (Fsp3) is 0.600. The van der Waals surface area contributed by atoms with E-state index in [0.29, 0.717) is 43.1 Å². The molecule has 2 aromatic rings. The van der Waals surface area contributed by atoms with Crippen molar-refractivity contribution in [2.45, 2.75) is 76.0 Å². The number of methoxy groups -OCH3 is 1. The summed E-state index contributed by atoms with van der Waals surface area (Å²) in [6.45, 7) is 6.76. The molecule has 1 aliphatic rings. The maximum absolute atomic E-state index is 14.3. The lowest BCUT2D eigenvalue weighted by atomic mass is 10.0. The van der Waals surface area contributed by atoms with Crippen LogP contribution >= 0.6 is 0 Å². The second kappa shape index (κ2) is 18.5. The van der Waals surface area contributed by atoms with E-state index in [1.807, 2.05) is 32.8 Å². The van der Waals surface area contributed by atoms with Gasteiger partial charge in [0.15, 0.2) is 0 Å². The molecule has 0 aromatic heterocycles. The van der Waals surface area contributed by atoms with Gasteiger partial charge in [0.25, 0.3) is 5.91 Å². The van der Waals surface area contributed by atoms with Gasteiger partial charge >= 0.3 is 0 Å². The van der Waals surface area contributed by atoms with Gasteiger partial charge in [0.2, 0.25) is 15.9 Å². The van der Waals surface area contributed by atoms with Crippen LogP contribution in [-0.2, 0) is 19.6 Å². The van der Waals surface area contributed by atoms with Crippen LogP contribution in [0.2, 0.25) is 0 Å². The lowest BCUT2D eigenvalue weighted by Crippen LogP contribution is -2.48. The van der Waals surface area contributed by atoms with E-state index in [4.69, 9.17) is 14.2 Å². The fourth-order valence-electron chi connectivity index (χ4n) is 5.52. The normalized spacial score (nSPS) is 20.5. The number of nitrogens with one attached hydrogen (secondary N) is 1. The molecule has 12 nitrogen and oxygen atoms in total. The monoisotopic (exact) mass is 690 g/mol. The van der Waals surface area contributed by atoms with Gasteiger partial charge in [-0.2, -0.15) is 4.31 Å². The van der Waals surface area contributed by atoms with E-state index < -0.39 is 22.2 Å². The number of rotatable bonds is 12. The lowest BCUT2D eigenvalue weighted by molar-refractivity contribution is -0.116. The molecular weight excluding hydrogens is 636 g/mol. The van der Waals surface area contributed by atoms with Crippen LogP contribution in [0.5, 0.6) is 11.5 Å². The molecule has 0 fully saturated rings. The number of amides is 2. The molecule has 4 atom stereocenters. The molecule has 13 heteroatoms. The van der Waals surface area contributed by atoms with Gasteiger partial charge in [0.1, 0.15) is 11.5 Å². The SMILES string of the molecule is COc1ccc(S(=O)(=O)N(C)C[C@@H]2OCCCC[C@@H](C)Oc3ccc(NC(=O)CCCN(C)C)cc3C(=O)N([C@@H](C)CO)C[C@@H]2C)cc1. The van der Waals surface area contributed by atoms with Crippen molar-refractivity contribution >= 4 is 27.5 Å². The summed E-state index contributed by atoms with van der Waals surface area (Å²) in [5.74, 6) is 0.114. The van der Waals surface area contributed by atoms with Gasteiger partial charge in [-0.25, -0.2) is 8.42 Å². The highest BCUT2D eigenvalue weighted by Gasteiger charge is 2.32. The van der Waals surface area contributed by atoms with Crippen LogP contribution < -0.4 is 14.8 Å². The van der Waals surface area contributed by atoms with Crippen LogP contribution in [0.15, 0.2) is 47.4 Å². The molecule has 0 radical (unpaired) electrons. The van der Waals surface area contributed by atoms with Crippen molar-refractivity contribution < 1.29 is 37.3 Å². The van der Waals surface area contributed by atoms with Gasteiger partial charge in [-0.15, -0.1) is 0 Å². The topological polar surface area (TPSA) is 138 Å². The van der Waals surface area contributed by atoms with E-state index in [1.165, 1.54) is 30.6 Å². The number of aliphatic hydroxyl groups excluding tert-OH is 1. The maximum Gasteiger partial charge on any atom is 0.258 e. The number of fused-ring (bicyclic) bond motifs is 1. The van der Waals surface area contributed by atoms with Crippen LogP contribution in [-0.4, -0.2) is 119 Å². The molecule has 1 heterocycles. The number of hydrogen-bond acceptors (Lipinski definition) is 9. The predicted molar refractivity (Wildman–Crippen MR) is 186 cm³/mol. The first-order chi connectivity index (χ1) is 22.8. The number of likely N-dealkylation sites (N-methyl/N-ethyl adjacent to an activating group) is 1. The largest absolute Gasteiger partial charge is 0.497 e. The number of carbonyl (C=O) groups is 2. The number of ether oxygens (including phenoxy) is 3. The Bertz CT molecular complexity index is 1440. The zero-order chi connectivity index (χ0) is 35.4. The van der Waals surface area contributed by atoms with Crippen molar-refractivity contribution in [1.29, 1.82) is 0 Å². The maximum atomic E-state index is 14.3. The van der Waals surface area contributed by atoms with Crippen molar-refractivity contribution in [3.8, 4) is 11.5 Å². The summed E-state index contributed by atoms with van der Waals surface area (Å²) >= 11 is 0. The van der Waals surface area contributed by atoms with Crippen molar-refractivity contribution in [2.75, 3.05) is 66.4 Å². The van der Waals surface area contributed by atoms with Crippen LogP contribution in [0.1, 0.15) is 63.2 Å². The molecule has 0 saturated carbocycles. The van der Waals surface area contributed by atoms with Crippen molar-refractivity contribution in [1.82, 2.24) is 14.1 Å². The van der Waals surface area contributed by atoms with Crippen LogP contribution in [0, 0.1) is 5.92 Å². The Morgan fingerprint density at radius 1 is 1.12 bits per heavy atom. The molecule has 0 unspecified atom stereocenters. The third-order valence-electron chi connectivity index (χ3n) is 8.55. The fourth-order valence-corrected chi connectivity index (χ4v) is 6.70. The van der Waals surface area contributed by atoms with Crippen molar-refractivity contribution in [3.05, 3.63) is 48.0 Å². The standard InChI is InChI=1S/C35H54N4O8S/c1-25-22-39(26(2)24-40)35(42)31-21-28(36-34(41)12-10-19-37(4)5)13-18-32(31)47-27(3)11-8-9-20-46-33(25)23-38(6)48(43,44)30-16-14-29(45-7)15-17-30/h13-18,21,25-27,33,40H,8-12,19-20,22-24H2,1-7H3,(H,36,41)/t25-,26-,27+,33-/m0/s1. The third kappa shape index (κ3) is 11.2. The van der Waals surface area contributed by atoms with Crippen LogP contribution in [0.25, 0.3) is 0 Å². The number of carbonyl (C=O) groups excluding carboxylic acids is 2. The zero-order valence-electron chi connectivity index (χ0n) is 29.5. The molecule has 1 aliphatic heterocycles. The Hall–Kier alpha value is -3.23. The number of benzene rings is 2. The number of aliphatic hydroxyl groups is 1. The smallest absolute Gasteiger partial charge is 0.258 e. The summed E-state index contributed by atoms with van der Waals surface area (Å²) < 4.78 is 46.1. The molecule has 268 valence electrons. The summed E-state index contributed by atoms with van der Waals surface area (Å²) in [7, 11) is 3.10. The Morgan fingerprint density at radius 2 is 1.83 bits per heavy atom. The molecule has 3 rings (SSSR count). The van der Waals surface area contributed by atoms with E-state index in [1.54, 1.807) is 42.2 Å². The first-order valence-corrected chi connectivity index (χ1v) is 18.1. The first kappa shape index (κ1) is 39.2. The average Bonchev–Trinajstić information content (AvgIpc) is 3.05. The molecule has 0 saturated heterocycles. The molecule has 2 amide bonds. The number of anilines is 1. The Morgan fingerprint density at radius 3 is 2.48 bits per heavy atom. The van der Waals surface area contributed by atoms with Gasteiger partial charge in [0, 0.05) is 44.8 Å². The van der Waals surface area contributed by atoms with Gasteiger partial charge in [-0.05, 0) is 103 Å². The minimum Gasteiger partial charge on any atom is -0.497 e. The van der Waals surface area contributed by atoms with E-state index in [9.17, 15) is 23.1 Å². The summed E-state index contributed by atoms with van der Waals surface area (Å²) in [4.78, 5) is 30.7. The minimum absolute atomic E-state index is 0.0607. The second-order valence-electron chi connectivity index (χ2n) is 12.9. The second-order valence-corrected chi connectivity index (χ2v) is 15.0. The number of sulfonamides is 1. The van der Waals surface area contributed by atoms with Crippen LogP contribution in [0.3, 0.4) is 0 Å². The Balaban J connectivity index is 1.92.